The maximum absolute atomic E-state index is 12.5. The third-order valence-corrected chi connectivity index (χ3v) is 6.82. The van der Waals surface area contributed by atoms with Crippen LogP contribution in [0.15, 0.2) is 46.2 Å². The molecule has 3 rings (SSSR count). The SMILES string of the molecule is COc1ccc(NC(=O)CCNS(=O)(=O)c2ccc3c(c2)OCCCO3)cc1S(N)(=O)=O. The van der Waals surface area contributed by atoms with Gasteiger partial charge in [0.15, 0.2) is 11.5 Å². The Balaban J connectivity index is 1.60. The van der Waals surface area contributed by atoms with Gasteiger partial charge in [-0.25, -0.2) is 26.7 Å². The number of carbonyl (C=O) groups excluding carboxylic acids is 1. The summed E-state index contributed by atoms with van der Waals surface area (Å²) in [7, 11) is -6.66. The van der Waals surface area contributed by atoms with E-state index in [2.05, 4.69) is 10.0 Å². The number of methoxy groups -OCH3 is 1. The second kappa shape index (κ2) is 9.73. The molecular formula is C19H23N3O8S2. The first kappa shape index (κ1) is 23.8. The number of anilines is 1. The maximum Gasteiger partial charge on any atom is 0.241 e. The molecule has 11 nitrogen and oxygen atoms in total. The van der Waals surface area contributed by atoms with Gasteiger partial charge in [0.05, 0.1) is 25.2 Å². The molecule has 0 fully saturated rings. The van der Waals surface area contributed by atoms with E-state index in [1.165, 1.54) is 37.4 Å². The van der Waals surface area contributed by atoms with Crippen molar-refractivity contribution in [1.29, 1.82) is 0 Å². The number of hydrogen-bond donors (Lipinski definition) is 3. The predicted molar refractivity (Wildman–Crippen MR) is 115 cm³/mol. The quantitative estimate of drug-likeness (QED) is 0.494. The molecule has 32 heavy (non-hydrogen) atoms. The van der Waals surface area contributed by atoms with Crippen molar-refractivity contribution in [2.24, 2.45) is 5.14 Å². The molecule has 2 aromatic rings. The number of sulfonamides is 2. The molecule has 13 heteroatoms. The second-order valence-corrected chi connectivity index (χ2v) is 10.1. The van der Waals surface area contributed by atoms with Crippen LogP contribution < -0.4 is 29.4 Å². The van der Waals surface area contributed by atoms with Crippen LogP contribution in [0.2, 0.25) is 0 Å². The molecule has 0 bridgehead atoms. The predicted octanol–water partition coefficient (Wildman–Crippen LogP) is 0.811. The van der Waals surface area contributed by atoms with Gasteiger partial charge in [0.2, 0.25) is 26.0 Å². The number of benzene rings is 2. The average molecular weight is 486 g/mol. The number of rotatable bonds is 8. The average Bonchev–Trinajstić information content (AvgIpc) is 2.97. The molecule has 0 atom stereocenters. The third kappa shape index (κ3) is 5.88. The number of hydrogen-bond acceptors (Lipinski definition) is 8. The minimum Gasteiger partial charge on any atom is -0.495 e. The van der Waals surface area contributed by atoms with E-state index in [0.29, 0.717) is 31.1 Å². The first-order chi connectivity index (χ1) is 15.1. The molecular weight excluding hydrogens is 462 g/mol. The zero-order valence-electron chi connectivity index (χ0n) is 17.2. The van der Waals surface area contributed by atoms with Crippen LogP contribution in [0.1, 0.15) is 12.8 Å². The Labute approximate surface area is 186 Å². The van der Waals surface area contributed by atoms with Crippen molar-refractivity contribution in [3.8, 4) is 17.2 Å². The van der Waals surface area contributed by atoms with Crippen LogP contribution in [0.4, 0.5) is 5.69 Å². The smallest absolute Gasteiger partial charge is 0.241 e. The van der Waals surface area contributed by atoms with E-state index in [1.807, 2.05) is 0 Å². The molecule has 1 aliphatic heterocycles. The molecule has 0 unspecified atom stereocenters. The maximum atomic E-state index is 12.5. The Morgan fingerprint density at radius 3 is 2.47 bits per heavy atom. The molecule has 0 saturated heterocycles. The van der Waals surface area contributed by atoms with Gasteiger partial charge in [-0.15, -0.1) is 0 Å². The molecule has 0 aliphatic carbocycles. The van der Waals surface area contributed by atoms with E-state index >= 15 is 0 Å². The Hall–Kier alpha value is -2.87. The van der Waals surface area contributed by atoms with Crippen LogP contribution >= 0.6 is 0 Å². The fraction of sp³-hybridized carbons (Fsp3) is 0.316. The number of nitrogens with one attached hydrogen (secondary N) is 2. The van der Waals surface area contributed by atoms with E-state index in [9.17, 15) is 21.6 Å². The first-order valence-electron chi connectivity index (χ1n) is 9.50. The van der Waals surface area contributed by atoms with Crippen molar-refractivity contribution in [3.05, 3.63) is 36.4 Å². The zero-order chi connectivity index (χ0) is 23.4. The van der Waals surface area contributed by atoms with Crippen molar-refractivity contribution >= 4 is 31.6 Å². The van der Waals surface area contributed by atoms with E-state index in [4.69, 9.17) is 19.3 Å². The lowest BCUT2D eigenvalue weighted by Gasteiger charge is -2.12. The van der Waals surface area contributed by atoms with E-state index in [0.717, 1.165) is 6.07 Å². The van der Waals surface area contributed by atoms with Crippen molar-refractivity contribution in [3.63, 3.8) is 0 Å². The highest BCUT2D eigenvalue weighted by Gasteiger charge is 2.20. The molecule has 0 aromatic heterocycles. The minimum absolute atomic E-state index is 0.0184. The molecule has 4 N–H and O–H groups in total. The van der Waals surface area contributed by atoms with Crippen molar-refractivity contribution in [2.75, 3.05) is 32.2 Å². The topological polar surface area (TPSA) is 163 Å². The van der Waals surface area contributed by atoms with Gasteiger partial charge in [-0.05, 0) is 30.3 Å². The van der Waals surface area contributed by atoms with Gasteiger partial charge in [0, 0.05) is 31.1 Å². The Bertz CT molecular complexity index is 1210. The van der Waals surface area contributed by atoms with Gasteiger partial charge < -0.3 is 19.5 Å². The lowest BCUT2D eigenvalue weighted by Crippen LogP contribution is -2.28. The van der Waals surface area contributed by atoms with Gasteiger partial charge in [0.1, 0.15) is 10.6 Å². The summed E-state index contributed by atoms with van der Waals surface area (Å²) in [4.78, 5) is 11.9. The summed E-state index contributed by atoms with van der Waals surface area (Å²) in [6, 6.07) is 8.23. The standard InChI is InChI=1S/C19H23N3O8S2/c1-28-16-5-3-13(11-18(16)31(20,24)25)22-19(23)7-8-21-32(26,27)14-4-6-15-17(12-14)30-10-2-9-29-15/h3-6,11-12,21H,2,7-10H2,1H3,(H,22,23)(H2,20,24,25). The highest BCUT2D eigenvalue weighted by atomic mass is 32.2. The molecule has 0 saturated carbocycles. The van der Waals surface area contributed by atoms with Gasteiger partial charge in [-0.2, -0.15) is 0 Å². The highest BCUT2D eigenvalue weighted by Crippen LogP contribution is 2.32. The van der Waals surface area contributed by atoms with Crippen molar-refractivity contribution in [2.45, 2.75) is 22.6 Å². The summed E-state index contributed by atoms with van der Waals surface area (Å²) in [5, 5.41) is 7.65. The largest absolute Gasteiger partial charge is 0.495 e. The molecule has 0 spiro atoms. The molecule has 1 aliphatic rings. The zero-order valence-corrected chi connectivity index (χ0v) is 18.8. The van der Waals surface area contributed by atoms with Gasteiger partial charge in [0.25, 0.3) is 0 Å². The summed E-state index contributed by atoms with van der Waals surface area (Å²) >= 11 is 0. The minimum atomic E-state index is -4.07. The van der Waals surface area contributed by atoms with Crippen LogP contribution in [0.5, 0.6) is 17.2 Å². The van der Waals surface area contributed by atoms with Crippen LogP contribution in [0, 0.1) is 0 Å². The molecule has 2 aromatic carbocycles. The second-order valence-electron chi connectivity index (χ2n) is 6.77. The fourth-order valence-corrected chi connectivity index (χ4v) is 4.66. The van der Waals surface area contributed by atoms with Gasteiger partial charge in [-0.3, -0.25) is 4.79 Å². The monoisotopic (exact) mass is 485 g/mol. The molecule has 1 amide bonds. The van der Waals surface area contributed by atoms with Crippen molar-refractivity contribution < 1.29 is 35.8 Å². The fourth-order valence-electron chi connectivity index (χ4n) is 2.89. The summed E-state index contributed by atoms with van der Waals surface area (Å²) < 4.78 is 66.7. The lowest BCUT2D eigenvalue weighted by molar-refractivity contribution is -0.116. The van der Waals surface area contributed by atoms with Crippen molar-refractivity contribution in [1.82, 2.24) is 4.72 Å². The molecule has 1 heterocycles. The summed E-state index contributed by atoms with van der Waals surface area (Å²) in [5.74, 6) is 0.317. The van der Waals surface area contributed by atoms with E-state index in [-0.39, 0.29) is 34.2 Å². The van der Waals surface area contributed by atoms with Crippen LogP contribution in [0.25, 0.3) is 0 Å². The Morgan fingerprint density at radius 1 is 1.06 bits per heavy atom. The highest BCUT2D eigenvalue weighted by molar-refractivity contribution is 7.89. The van der Waals surface area contributed by atoms with E-state index < -0.39 is 26.0 Å². The lowest BCUT2D eigenvalue weighted by atomic mass is 10.3. The summed E-state index contributed by atoms with van der Waals surface area (Å²) in [6.07, 6.45) is 0.498. The van der Waals surface area contributed by atoms with Crippen LogP contribution in [-0.2, 0) is 24.8 Å². The summed E-state index contributed by atoms with van der Waals surface area (Å²) in [6.45, 7) is 0.725. The number of amides is 1. The third-order valence-electron chi connectivity index (χ3n) is 4.43. The van der Waals surface area contributed by atoms with Crippen LogP contribution in [0.3, 0.4) is 0 Å². The Kier molecular flexibility index (Phi) is 7.23. The number of fused-ring (bicyclic) bond motifs is 1. The molecule has 174 valence electrons. The van der Waals surface area contributed by atoms with Gasteiger partial charge in [-0.1, -0.05) is 0 Å². The number of primary sulfonamides is 1. The number of nitrogens with two attached hydrogens (primary N) is 1. The molecule has 0 radical (unpaired) electrons. The van der Waals surface area contributed by atoms with E-state index in [1.54, 1.807) is 0 Å². The van der Waals surface area contributed by atoms with Gasteiger partial charge >= 0.3 is 0 Å². The normalized spacial score (nSPS) is 13.8. The first-order valence-corrected chi connectivity index (χ1v) is 12.5. The summed E-state index contributed by atoms with van der Waals surface area (Å²) in [5.41, 5.74) is 0.172. The number of carbonyl (C=O) groups is 1. The van der Waals surface area contributed by atoms with Crippen LogP contribution in [-0.4, -0.2) is 49.6 Å². The Morgan fingerprint density at radius 2 is 1.78 bits per heavy atom. The number of ether oxygens (including phenoxy) is 3.